The van der Waals surface area contributed by atoms with Crippen molar-refractivity contribution in [3.8, 4) is 11.3 Å². The molecule has 0 radical (unpaired) electrons. The first kappa shape index (κ1) is 10.1. The van der Waals surface area contributed by atoms with Crippen molar-refractivity contribution in [3.63, 3.8) is 0 Å². The Balaban J connectivity index is 2.42. The topological polar surface area (TPSA) is 42.9 Å². The standard InChI is InChI=1S/C14H12N2O/c1-14(2)11-7-15-8-16-12(11)9-5-3-4-6-10(9)13(14)17/h3-8H,1-2H3. The van der Waals surface area contributed by atoms with E-state index in [2.05, 4.69) is 9.97 Å². The van der Waals surface area contributed by atoms with Crippen molar-refractivity contribution in [2.24, 2.45) is 0 Å². The zero-order valence-electron chi connectivity index (χ0n) is 9.77. The van der Waals surface area contributed by atoms with E-state index in [1.807, 2.05) is 38.1 Å². The van der Waals surface area contributed by atoms with Gasteiger partial charge < -0.3 is 0 Å². The van der Waals surface area contributed by atoms with Gasteiger partial charge in [0.05, 0.1) is 11.1 Å². The lowest BCUT2D eigenvalue weighted by Crippen LogP contribution is -2.34. The molecular formula is C14H12N2O. The Kier molecular flexibility index (Phi) is 1.93. The van der Waals surface area contributed by atoms with Crippen LogP contribution in [0.25, 0.3) is 11.3 Å². The monoisotopic (exact) mass is 224 g/mol. The fourth-order valence-electron chi connectivity index (χ4n) is 2.35. The Labute approximate surface area is 99.5 Å². The summed E-state index contributed by atoms with van der Waals surface area (Å²) in [5.41, 5.74) is 2.90. The number of carbonyl (C=O) groups excluding carboxylic acids is 1. The van der Waals surface area contributed by atoms with Gasteiger partial charge in [-0.05, 0) is 13.8 Å². The molecule has 17 heavy (non-hydrogen) atoms. The van der Waals surface area contributed by atoms with Crippen molar-refractivity contribution < 1.29 is 4.79 Å². The van der Waals surface area contributed by atoms with E-state index in [-0.39, 0.29) is 5.78 Å². The number of rotatable bonds is 0. The predicted molar refractivity (Wildman–Crippen MR) is 64.8 cm³/mol. The largest absolute Gasteiger partial charge is 0.293 e. The summed E-state index contributed by atoms with van der Waals surface area (Å²) in [7, 11) is 0. The second-order valence-electron chi connectivity index (χ2n) is 4.78. The first-order chi connectivity index (χ1) is 8.12. The van der Waals surface area contributed by atoms with Crippen LogP contribution in [0.5, 0.6) is 0 Å². The van der Waals surface area contributed by atoms with E-state index in [1.54, 1.807) is 6.20 Å². The summed E-state index contributed by atoms with van der Waals surface area (Å²) in [6.07, 6.45) is 3.28. The molecule has 3 heteroatoms. The molecule has 0 bridgehead atoms. The number of fused-ring (bicyclic) bond motifs is 3. The SMILES string of the molecule is CC1(C)C(=O)c2ccccc2-c2ncncc21. The van der Waals surface area contributed by atoms with Crippen molar-refractivity contribution in [3.05, 3.63) is 47.9 Å². The molecule has 0 atom stereocenters. The highest BCUT2D eigenvalue weighted by molar-refractivity contribution is 6.11. The van der Waals surface area contributed by atoms with Crippen LogP contribution in [-0.4, -0.2) is 15.8 Å². The Morgan fingerprint density at radius 1 is 1.12 bits per heavy atom. The molecule has 1 aliphatic rings. The van der Waals surface area contributed by atoms with Crippen LogP contribution in [0.1, 0.15) is 29.8 Å². The van der Waals surface area contributed by atoms with Gasteiger partial charge in [0.1, 0.15) is 6.33 Å². The highest BCUT2D eigenvalue weighted by Crippen LogP contribution is 2.40. The van der Waals surface area contributed by atoms with Gasteiger partial charge in [-0.3, -0.25) is 4.79 Å². The van der Waals surface area contributed by atoms with E-state index >= 15 is 0 Å². The van der Waals surface area contributed by atoms with Crippen LogP contribution < -0.4 is 0 Å². The van der Waals surface area contributed by atoms with Gasteiger partial charge in [-0.1, -0.05) is 24.3 Å². The molecule has 0 aliphatic heterocycles. The number of ketones is 1. The maximum atomic E-state index is 12.4. The van der Waals surface area contributed by atoms with E-state index in [9.17, 15) is 4.79 Å². The molecule has 0 unspecified atom stereocenters. The summed E-state index contributed by atoms with van der Waals surface area (Å²) < 4.78 is 0. The molecule has 1 aromatic heterocycles. The van der Waals surface area contributed by atoms with Crippen LogP contribution in [0.2, 0.25) is 0 Å². The molecule has 0 saturated carbocycles. The zero-order valence-corrected chi connectivity index (χ0v) is 9.77. The normalized spacial score (nSPS) is 16.2. The van der Waals surface area contributed by atoms with Gasteiger partial charge in [0, 0.05) is 22.9 Å². The van der Waals surface area contributed by atoms with E-state index < -0.39 is 5.41 Å². The van der Waals surface area contributed by atoms with Gasteiger partial charge >= 0.3 is 0 Å². The third-order valence-electron chi connectivity index (χ3n) is 3.38. The summed E-state index contributed by atoms with van der Waals surface area (Å²) in [6, 6.07) is 7.62. The van der Waals surface area contributed by atoms with Crippen LogP contribution in [0.4, 0.5) is 0 Å². The maximum absolute atomic E-state index is 12.4. The van der Waals surface area contributed by atoms with Gasteiger partial charge in [0.15, 0.2) is 5.78 Å². The number of carbonyl (C=O) groups is 1. The fourth-order valence-corrected chi connectivity index (χ4v) is 2.35. The molecule has 2 aromatic rings. The van der Waals surface area contributed by atoms with Crippen molar-refractivity contribution in [2.45, 2.75) is 19.3 Å². The first-order valence-electron chi connectivity index (χ1n) is 5.57. The number of hydrogen-bond acceptors (Lipinski definition) is 3. The number of aromatic nitrogens is 2. The number of benzene rings is 1. The Hall–Kier alpha value is -2.03. The number of nitrogens with zero attached hydrogens (tertiary/aromatic N) is 2. The van der Waals surface area contributed by atoms with Crippen molar-refractivity contribution in [1.29, 1.82) is 0 Å². The number of hydrogen-bond donors (Lipinski definition) is 0. The molecule has 1 aromatic carbocycles. The summed E-state index contributed by atoms with van der Waals surface area (Å²) in [4.78, 5) is 20.8. The molecule has 1 heterocycles. The molecule has 0 saturated heterocycles. The van der Waals surface area contributed by atoms with Crippen LogP contribution in [-0.2, 0) is 5.41 Å². The number of Topliss-reactive ketones (excluding diaryl/α,β-unsaturated/α-hetero) is 1. The molecule has 0 N–H and O–H groups in total. The highest BCUT2D eigenvalue weighted by atomic mass is 16.1. The van der Waals surface area contributed by atoms with Crippen LogP contribution in [0, 0.1) is 0 Å². The Morgan fingerprint density at radius 2 is 1.82 bits per heavy atom. The molecule has 0 amide bonds. The van der Waals surface area contributed by atoms with Gasteiger partial charge in [-0.2, -0.15) is 0 Å². The first-order valence-corrected chi connectivity index (χ1v) is 5.57. The second kappa shape index (κ2) is 3.23. The van der Waals surface area contributed by atoms with Crippen LogP contribution >= 0.6 is 0 Å². The molecule has 0 spiro atoms. The van der Waals surface area contributed by atoms with E-state index in [4.69, 9.17) is 0 Å². The minimum absolute atomic E-state index is 0.135. The molecule has 1 aliphatic carbocycles. The third kappa shape index (κ3) is 1.25. The summed E-state index contributed by atoms with van der Waals surface area (Å²) in [5, 5.41) is 0. The maximum Gasteiger partial charge on any atom is 0.173 e. The van der Waals surface area contributed by atoms with Gasteiger partial charge in [-0.15, -0.1) is 0 Å². The predicted octanol–water partition coefficient (Wildman–Crippen LogP) is 2.62. The molecule has 3 rings (SSSR count). The molecule has 0 fully saturated rings. The third-order valence-corrected chi connectivity index (χ3v) is 3.38. The van der Waals surface area contributed by atoms with Crippen molar-refractivity contribution >= 4 is 5.78 Å². The minimum Gasteiger partial charge on any atom is -0.293 e. The highest BCUT2D eigenvalue weighted by Gasteiger charge is 2.39. The average molecular weight is 224 g/mol. The quantitative estimate of drug-likeness (QED) is 0.690. The summed E-state index contributed by atoms with van der Waals surface area (Å²) in [5.74, 6) is 0.135. The van der Waals surface area contributed by atoms with E-state index in [0.29, 0.717) is 0 Å². The Morgan fingerprint density at radius 3 is 2.59 bits per heavy atom. The lowest BCUT2D eigenvalue weighted by molar-refractivity contribution is 0.0906. The Bertz CT molecular complexity index is 617. The average Bonchev–Trinajstić information content (AvgIpc) is 2.37. The van der Waals surface area contributed by atoms with Gasteiger partial charge in [-0.25, -0.2) is 9.97 Å². The van der Waals surface area contributed by atoms with E-state index in [0.717, 1.165) is 22.4 Å². The lowest BCUT2D eigenvalue weighted by Gasteiger charge is -2.30. The summed E-state index contributed by atoms with van der Waals surface area (Å²) >= 11 is 0. The van der Waals surface area contributed by atoms with Crippen molar-refractivity contribution in [2.75, 3.05) is 0 Å². The van der Waals surface area contributed by atoms with Crippen molar-refractivity contribution in [1.82, 2.24) is 9.97 Å². The molecular weight excluding hydrogens is 212 g/mol. The molecule has 3 nitrogen and oxygen atoms in total. The summed E-state index contributed by atoms with van der Waals surface area (Å²) in [6.45, 7) is 3.85. The van der Waals surface area contributed by atoms with Crippen LogP contribution in [0.3, 0.4) is 0 Å². The smallest absolute Gasteiger partial charge is 0.173 e. The van der Waals surface area contributed by atoms with Gasteiger partial charge in [0.25, 0.3) is 0 Å². The second-order valence-corrected chi connectivity index (χ2v) is 4.78. The van der Waals surface area contributed by atoms with Crippen LogP contribution in [0.15, 0.2) is 36.8 Å². The van der Waals surface area contributed by atoms with Gasteiger partial charge in [0.2, 0.25) is 0 Å². The zero-order chi connectivity index (χ0) is 12.0. The fraction of sp³-hybridized carbons (Fsp3) is 0.214. The molecule has 84 valence electrons. The minimum atomic E-state index is -0.551. The van der Waals surface area contributed by atoms with E-state index in [1.165, 1.54) is 6.33 Å². The lowest BCUT2D eigenvalue weighted by atomic mass is 9.71.